The van der Waals surface area contributed by atoms with Gasteiger partial charge in [-0.3, -0.25) is 4.79 Å². The number of para-hydroxylation sites is 2. The summed E-state index contributed by atoms with van der Waals surface area (Å²) in [6.07, 6.45) is -0.351. The molecular weight excluding hydrogens is 324 g/mol. The van der Waals surface area contributed by atoms with Crippen LogP contribution in [0.5, 0.6) is 11.5 Å². The van der Waals surface area contributed by atoms with Crippen LogP contribution in [-0.4, -0.2) is 54.3 Å². The predicted molar refractivity (Wildman–Crippen MR) is 90.7 cm³/mol. The third kappa shape index (κ3) is 4.35. The van der Waals surface area contributed by atoms with Gasteiger partial charge in [0.15, 0.2) is 11.5 Å². The maximum absolute atomic E-state index is 12.4. The van der Waals surface area contributed by atoms with E-state index in [0.29, 0.717) is 31.0 Å². The smallest absolute Gasteiger partial charge is 0.410 e. The van der Waals surface area contributed by atoms with Gasteiger partial charge in [0.05, 0.1) is 0 Å². The van der Waals surface area contributed by atoms with Crippen LogP contribution in [0.2, 0.25) is 0 Å². The second kappa shape index (κ2) is 6.82. The Morgan fingerprint density at radius 3 is 2.68 bits per heavy atom. The van der Waals surface area contributed by atoms with E-state index < -0.39 is 11.7 Å². The fourth-order valence-corrected chi connectivity index (χ4v) is 2.81. The molecule has 7 nitrogen and oxygen atoms in total. The van der Waals surface area contributed by atoms with Crippen molar-refractivity contribution in [2.24, 2.45) is 0 Å². The van der Waals surface area contributed by atoms with Gasteiger partial charge in [-0.05, 0) is 39.3 Å². The first-order valence-electron chi connectivity index (χ1n) is 8.48. The van der Waals surface area contributed by atoms with Crippen LogP contribution in [0.15, 0.2) is 24.3 Å². The summed E-state index contributed by atoms with van der Waals surface area (Å²) in [5, 5.41) is 2.93. The molecule has 2 aliphatic heterocycles. The van der Waals surface area contributed by atoms with E-state index in [1.807, 2.05) is 32.9 Å². The lowest BCUT2D eigenvalue weighted by atomic mass is 10.2. The lowest BCUT2D eigenvalue weighted by molar-refractivity contribution is -0.131. The molecule has 0 radical (unpaired) electrons. The highest BCUT2D eigenvalue weighted by atomic mass is 16.6. The zero-order chi connectivity index (χ0) is 18.0. The number of nitrogens with one attached hydrogen (secondary N) is 1. The molecule has 1 fully saturated rings. The Labute approximate surface area is 147 Å². The Kier molecular flexibility index (Phi) is 4.74. The minimum atomic E-state index is -0.689. The molecule has 2 heterocycles. The van der Waals surface area contributed by atoms with Crippen molar-refractivity contribution in [3.63, 3.8) is 0 Å². The van der Waals surface area contributed by atoms with Gasteiger partial charge in [-0.15, -0.1) is 0 Å². The molecule has 0 bridgehead atoms. The average molecular weight is 348 g/mol. The van der Waals surface area contributed by atoms with Gasteiger partial charge in [0.2, 0.25) is 6.10 Å². The first kappa shape index (κ1) is 17.4. The van der Waals surface area contributed by atoms with Crippen molar-refractivity contribution in [1.29, 1.82) is 0 Å². The number of rotatable bonds is 2. The van der Waals surface area contributed by atoms with Gasteiger partial charge in [0, 0.05) is 19.1 Å². The number of carbonyl (C=O) groups excluding carboxylic acids is 2. The molecule has 0 spiro atoms. The van der Waals surface area contributed by atoms with Crippen LogP contribution >= 0.6 is 0 Å². The maximum Gasteiger partial charge on any atom is 0.410 e. The van der Waals surface area contributed by atoms with Gasteiger partial charge < -0.3 is 24.4 Å². The molecule has 25 heavy (non-hydrogen) atoms. The third-order valence-electron chi connectivity index (χ3n) is 3.99. The van der Waals surface area contributed by atoms with Crippen molar-refractivity contribution >= 4 is 12.0 Å². The Morgan fingerprint density at radius 1 is 1.24 bits per heavy atom. The third-order valence-corrected chi connectivity index (χ3v) is 3.99. The summed E-state index contributed by atoms with van der Waals surface area (Å²) in [5.74, 6) is 0.977. The highest BCUT2D eigenvalue weighted by Gasteiger charge is 2.33. The number of nitrogens with zero attached hydrogens (tertiary/aromatic N) is 1. The number of hydrogen-bond acceptors (Lipinski definition) is 5. The van der Waals surface area contributed by atoms with Crippen LogP contribution in [-0.2, 0) is 9.53 Å². The van der Waals surface area contributed by atoms with Gasteiger partial charge in [0.25, 0.3) is 5.91 Å². The summed E-state index contributed by atoms with van der Waals surface area (Å²) in [6, 6.07) is 7.15. The second-order valence-corrected chi connectivity index (χ2v) is 7.28. The van der Waals surface area contributed by atoms with Crippen molar-refractivity contribution < 1.29 is 23.8 Å². The number of benzene rings is 1. The lowest BCUT2D eigenvalue weighted by Crippen LogP contribution is -2.48. The molecule has 2 atom stereocenters. The molecule has 1 aromatic carbocycles. The largest absolute Gasteiger partial charge is 0.485 e. The summed E-state index contributed by atoms with van der Waals surface area (Å²) in [4.78, 5) is 26.1. The van der Waals surface area contributed by atoms with Gasteiger partial charge in [-0.1, -0.05) is 12.1 Å². The number of hydrogen-bond donors (Lipinski definition) is 1. The standard InChI is InChI=1S/C18H24N2O5/c1-18(2,3)25-17(22)20-9-8-12(10-20)19-16(21)15-11-23-13-6-4-5-7-14(13)24-15/h4-7,12,15H,8-11H2,1-3H3,(H,19,21). The molecule has 2 amide bonds. The predicted octanol–water partition coefficient (Wildman–Crippen LogP) is 1.95. The number of ether oxygens (including phenoxy) is 3. The number of carbonyl (C=O) groups is 2. The topological polar surface area (TPSA) is 77.1 Å². The van der Waals surface area contributed by atoms with Crippen LogP contribution in [0.4, 0.5) is 4.79 Å². The highest BCUT2D eigenvalue weighted by Crippen LogP contribution is 2.31. The van der Waals surface area contributed by atoms with E-state index >= 15 is 0 Å². The zero-order valence-corrected chi connectivity index (χ0v) is 14.8. The van der Waals surface area contributed by atoms with Crippen LogP contribution in [0.1, 0.15) is 27.2 Å². The van der Waals surface area contributed by atoms with E-state index in [0.717, 1.165) is 0 Å². The average Bonchev–Trinajstić information content (AvgIpc) is 3.01. The van der Waals surface area contributed by atoms with E-state index in [1.54, 1.807) is 17.0 Å². The van der Waals surface area contributed by atoms with Gasteiger partial charge in [-0.25, -0.2) is 4.79 Å². The maximum atomic E-state index is 12.4. The zero-order valence-electron chi connectivity index (χ0n) is 14.8. The minimum Gasteiger partial charge on any atom is -0.485 e. The molecule has 7 heteroatoms. The number of amides is 2. The normalized spacial score (nSPS) is 22.4. The van der Waals surface area contributed by atoms with E-state index in [-0.39, 0.29) is 24.6 Å². The van der Waals surface area contributed by atoms with Gasteiger partial charge in [0.1, 0.15) is 12.2 Å². The molecule has 2 unspecified atom stereocenters. The Hall–Kier alpha value is -2.44. The van der Waals surface area contributed by atoms with Gasteiger partial charge >= 0.3 is 6.09 Å². The van der Waals surface area contributed by atoms with E-state index in [9.17, 15) is 9.59 Å². The van der Waals surface area contributed by atoms with Crippen LogP contribution in [0.3, 0.4) is 0 Å². The highest BCUT2D eigenvalue weighted by molar-refractivity contribution is 5.82. The molecule has 1 aromatic rings. The summed E-state index contributed by atoms with van der Waals surface area (Å²) < 4.78 is 16.6. The lowest BCUT2D eigenvalue weighted by Gasteiger charge is -2.27. The fourth-order valence-electron chi connectivity index (χ4n) is 2.81. The van der Waals surface area contributed by atoms with E-state index in [2.05, 4.69) is 5.32 Å². The molecule has 0 saturated carbocycles. The van der Waals surface area contributed by atoms with Crippen molar-refractivity contribution in [2.45, 2.75) is 44.9 Å². The second-order valence-electron chi connectivity index (χ2n) is 7.28. The quantitative estimate of drug-likeness (QED) is 0.884. The summed E-state index contributed by atoms with van der Waals surface area (Å²) in [5.41, 5.74) is -0.529. The molecule has 1 saturated heterocycles. The van der Waals surface area contributed by atoms with Crippen molar-refractivity contribution in [3.05, 3.63) is 24.3 Å². The Bertz CT molecular complexity index is 655. The van der Waals surface area contributed by atoms with Crippen molar-refractivity contribution in [1.82, 2.24) is 10.2 Å². The molecule has 2 aliphatic rings. The fraction of sp³-hybridized carbons (Fsp3) is 0.556. The van der Waals surface area contributed by atoms with Crippen LogP contribution in [0.25, 0.3) is 0 Å². The monoisotopic (exact) mass is 348 g/mol. The summed E-state index contributed by atoms with van der Waals surface area (Å²) >= 11 is 0. The van der Waals surface area contributed by atoms with E-state index in [1.165, 1.54) is 0 Å². The number of likely N-dealkylation sites (tertiary alicyclic amines) is 1. The summed E-state index contributed by atoms with van der Waals surface area (Å²) in [6.45, 7) is 6.66. The van der Waals surface area contributed by atoms with Crippen molar-refractivity contribution in [3.8, 4) is 11.5 Å². The van der Waals surface area contributed by atoms with Crippen LogP contribution in [0, 0.1) is 0 Å². The molecule has 1 N–H and O–H groups in total. The molecule has 3 rings (SSSR count). The van der Waals surface area contributed by atoms with Crippen LogP contribution < -0.4 is 14.8 Å². The van der Waals surface area contributed by atoms with Gasteiger partial charge in [-0.2, -0.15) is 0 Å². The van der Waals surface area contributed by atoms with Crippen molar-refractivity contribution in [2.75, 3.05) is 19.7 Å². The molecule has 0 aliphatic carbocycles. The Balaban J connectivity index is 1.50. The molecular formula is C18H24N2O5. The molecule has 136 valence electrons. The summed E-state index contributed by atoms with van der Waals surface area (Å²) in [7, 11) is 0. The Morgan fingerprint density at radius 2 is 1.96 bits per heavy atom. The first-order valence-corrected chi connectivity index (χ1v) is 8.48. The van der Waals surface area contributed by atoms with E-state index in [4.69, 9.17) is 14.2 Å². The first-order chi connectivity index (χ1) is 11.8. The molecule has 0 aromatic heterocycles. The minimum absolute atomic E-state index is 0.110. The SMILES string of the molecule is CC(C)(C)OC(=O)N1CCC(NC(=O)C2COc3ccccc3O2)C1. The number of fused-ring (bicyclic) bond motifs is 1.